The fourth-order valence-corrected chi connectivity index (χ4v) is 1.52. The van der Waals surface area contributed by atoms with Gasteiger partial charge in [-0.3, -0.25) is 4.98 Å². The van der Waals surface area contributed by atoms with Gasteiger partial charge in [0.05, 0.1) is 23.1 Å². The predicted molar refractivity (Wildman–Crippen MR) is 55.0 cm³/mol. The van der Waals surface area contributed by atoms with Crippen molar-refractivity contribution in [2.24, 2.45) is 0 Å². The molecule has 0 amide bonds. The summed E-state index contributed by atoms with van der Waals surface area (Å²) in [5.41, 5.74) is 2.44. The Morgan fingerprint density at radius 1 is 1.54 bits per heavy atom. The molecule has 1 aliphatic heterocycles. The fraction of sp³-hybridized carbons (Fsp3) is 0.500. The van der Waals surface area contributed by atoms with Crippen LogP contribution < -0.4 is 10.6 Å². The number of hydrogen-bond donors (Lipinski definition) is 2. The Hall–Kier alpha value is -1.25. The van der Waals surface area contributed by atoms with E-state index in [0.717, 1.165) is 24.3 Å². The minimum absolute atomic E-state index is 0.175. The molecular weight excluding hydrogens is 162 g/mol. The van der Waals surface area contributed by atoms with Crippen LogP contribution in [0.2, 0.25) is 0 Å². The van der Waals surface area contributed by atoms with E-state index in [-0.39, 0.29) is 5.54 Å². The molecule has 2 N–H and O–H groups in total. The van der Waals surface area contributed by atoms with Crippen molar-refractivity contribution in [3.8, 4) is 0 Å². The van der Waals surface area contributed by atoms with Crippen LogP contribution in [0.3, 0.4) is 0 Å². The molecule has 70 valence electrons. The van der Waals surface area contributed by atoms with Crippen molar-refractivity contribution in [3.05, 3.63) is 18.5 Å². The largest absolute Gasteiger partial charge is 0.380 e. The van der Waals surface area contributed by atoms with Crippen molar-refractivity contribution >= 4 is 11.4 Å². The van der Waals surface area contributed by atoms with Gasteiger partial charge in [-0.1, -0.05) is 6.92 Å². The third-order valence-corrected chi connectivity index (χ3v) is 2.71. The van der Waals surface area contributed by atoms with E-state index in [1.165, 1.54) is 0 Å². The van der Waals surface area contributed by atoms with E-state index in [1.54, 1.807) is 0 Å². The van der Waals surface area contributed by atoms with E-state index in [2.05, 4.69) is 29.5 Å². The van der Waals surface area contributed by atoms with E-state index < -0.39 is 0 Å². The fourth-order valence-electron chi connectivity index (χ4n) is 1.52. The zero-order valence-corrected chi connectivity index (χ0v) is 8.09. The van der Waals surface area contributed by atoms with Crippen molar-refractivity contribution in [2.75, 3.05) is 17.2 Å². The maximum absolute atomic E-state index is 4.07. The van der Waals surface area contributed by atoms with Crippen LogP contribution in [0.15, 0.2) is 18.5 Å². The molecule has 0 saturated heterocycles. The lowest BCUT2D eigenvalue weighted by atomic mass is 9.96. The van der Waals surface area contributed by atoms with Gasteiger partial charge in [0.1, 0.15) is 0 Å². The first-order valence-electron chi connectivity index (χ1n) is 4.69. The summed E-state index contributed by atoms with van der Waals surface area (Å²) in [5, 5.41) is 6.90. The van der Waals surface area contributed by atoms with E-state index in [4.69, 9.17) is 0 Å². The van der Waals surface area contributed by atoms with Gasteiger partial charge in [0.25, 0.3) is 0 Å². The van der Waals surface area contributed by atoms with Crippen molar-refractivity contribution < 1.29 is 0 Å². The highest BCUT2D eigenvalue weighted by Gasteiger charge is 2.26. The second-order valence-electron chi connectivity index (χ2n) is 3.81. The van der Waals surface area contributed by atoms with Gasteiger partial charge >= 0.3 is 0 Å². The molecule has 1 unspecified atom stereocenters. The second kappa shape index (κ2) is 2.91. The first-order valence-corrected chi connectivity index (χ1v) is 4.69. The molecule has 0 aliphatic carbocycles. The summed E-state index contributed by atoms with van der Waals surface area (Å²) in [4.78, 5) is 4.07. The molecule has 0 aromatic carbocycles. The van der Waals surface area contributed by atoms with Crippen LogP contribution in [0.5, 0.6) is 0 Å². The zero-order valence-electron chi connectivity index (χ0n) is 8.09. The summed E-state index contributed by atoms with van der Waals surface area (Å²) in [6.07, 6.45) is 4.79. The van der Waals surface area contributed by atoms with Crippen LogP contribution in [-0.4, -0.2) is 17.1 Å². The Morgan fingerprint density at radius 3 is 3.15 bits per heavy atom. The van der Waals surface area contributed by atoms with Gasteiger partial charge < -0.3 is 10.6 Å². The number of fused-ring (bicyclic) bond motifs is 1. The van der Waals surface area contributed by atoms with Crippen LogP contribution in [0.25, 0.3) is 0 Å². The molecule has 0 bridgehead atoms. The van der Waals surface area contributed by atoms with Crippen LogP contribution in [-0.2, 0) is 0 Å². The van der Waals surface area contributed by atoms with E-state index in [1.807, 2.05) is 18.5 Å². The van der Waals surface area contributed by atoms with Crippen LogP contribution in [0, 0.1) is 0 Å². The van der Waals surface area contributed by atoms with Crippen LogP contribution in [0.4, 0.5) is 11.4 Å². The normalized spacial score (nSPS) is 25.7. The van der Waals surface area contributed by atoms with Gasteiger partial charge in [0, 0.05) is 12.7 Å². The second-order valence-corrected chi connectivity index (χ2v) is 3.81. The molecular formula is C10H15N3. The number of rotatable bonds is 1. The molecule has 2 heterocycles. The van der Waals surface area contributed by atoms with Gasteiger partial charge in [0.2, 0.25) is 0 Å². The first-order chi connectivity index (χ1) is 6.23. The Morgan fingerprint density at radius 2 is 2.38 bits per heavy atom. The highest BCUT2D eigenvalue weighted by Crippen LogP contribution is 2.29. The molecule has 3 heteroatoms. The van der Waals surface area contributed by atoms with E-state index >= 15 is 0 Å². The van der Waals surface area contributed by atoms with Gasteiger partial charge in [-0.2, -0.15) is 0 Å². The molecule has 1 aliphatic rings. The van der Waals surface area contributed by atoms with Crippen molar-refractivity contribution in [1.29, 1.82) is 0 Å². The summed E-state index contributed by atoms with van der Waals surface area (Å²) < 4.78 is 0. The number of aromatic nitrogens is 1. The summed E-state index contributed by atoms with van der Waals surface area (Å²) in [6.45, 7) is 5.38. The van der Waals surface area contributed by atoms with Crippen molar-refractivity contribution in [2.45, 2.75) is 25.8 Å². The van der Waals surface area contributed by atoms with Crippen LogP contribution >= 0.6 is 0 Å². The summed E-state index contributed by atoms with van der Waals surface area (Å²) >= 11 is 0. The van der Waals surface area contributed by atoms with E-state index in [9.17, 15) is 0 Å². The minimum Gasteiger partial charge on any atom is -0.380 e. The average Bonchev–Trinajstić information content (AvgIpc) is 2.18. The quantitative estimate of drug-likeness (QED) is 0.689. The molecule has 0 saturated carbocycles. The number of anilines is 2. The molecule has 1 aromatic heterocycles. The van der Waals surface area contributed by atoms with Crippen molar-refractivity contribution in [3.63, 3.8) is 0 Å². The summed E-state index contributed by atoms with van der Waals surface area (Å²) in [5.74, 6) is 0. The topological polar surface area (TPSA) is 37.0 Å². The Kier molecular flexibility index (Phi) is 1.87. The lowest BCUT2D eigenvalue weighted by Crippen LogP contribution is -2.44. The molecule has 0 spiro atoms. The lowest BCUT2D eigenvalue weighted by Gasteiger charge is -2.36. The Labute approximate surface area is 78.6 Å². The first kappa shape index (κ1) is 8.35. The highest BCUT2D eigenvalue weighted by molar-refractivity contribution is 5.70. The Bertz CT molecular complexity index is 311. The average molecular weight is 177 g/mol. The number of nitrogens with one attached hydrogen (secondary N) is 2. The number of pyridine rings is 1. The lowest BCUT2D eigenvalue weighted by molar-refractivity contribution is 0.513. The zero-order chi connectivity index (χ0) is 9.31. The highest BCUT2D eigenvalue weighted by atomic mass is 15.1. The number of nitrogens with zero attached hydrogens (tertiary/aromatic N) is 1. The summed E-state index contributed by atoms with van der Waals surface area (Å²) in [7, 11) is 0. The predicted octanol–water partition coefficient (Wildman–Crippen LogP) is 2.09. The van der Waals surface area contributed by atoms with E-state index in [0.29, 0.717) is 0 Å². The standard InChI is InChI=1S/C10H15N3/c1-3-10(2)7-12-9-6-11-5-4-8(9)13-10/h4-6,12-13H,3,7H2,1-2H3. The minimum atomic E-state index is 0.175. The molecule has 1 aromatic rings. The smallest absolute Gasteiger partial charge is 0.0763 e. The SMILES string of the molecule is CCC1(C)CNc2cnccc2N1. The molecule has 2 rings (SSSR count). The third kappa shape index (κ3) is 1.46. The van der Waals surface area contributed by atoms with Crippen molar-refractivity contribution in [1.82, 2.24) is 4.98 Å². The molecule has 0 radical (unpaired) electrons. The maximum Gasteiger partial charge on any atom is 0.0763 e. The third-order valence-electron chi connectivity index (χ3n) is 2.71. The number of hydrogen-bond acceptors (Lipinski definition) is 3. The monoisotopic (exact) mass is 177 g/mol. The molecule has 13 heavy (non-hydrogen) atoms. The summed E-state index contributed by atoms with van der Waals surface area (Å²) in [6, 6.07) is 2.01. The maximum atomic E-state index is 4.07. The Balaban J connectivity index is 2.29. The van der Waals surface area contributed by atoms with Crippen LogP contribution in [0.1, 0.15) is 20.3 Å². The molecule has 0 fully saturated rings. The van der Waals surface area contributed by atoms with Gasteiger partial charge in [0.15, 0.2) is 0 Å². The van der Waals surface area contributed by atoms with Gasteiger partial charge in [-0.25, -0.2) is 0 Å². The van der Waals surface area contributed by atoms with Gasteiger partial charge in [-0.15, -0.1) is 0 Å². The molecule has 3 nitrogen and oxygen atoms in total. The van der Waals surface area contributed by atoms with Gasteiger partial charge in [-0.05, 0) is 19.4 Å². The molecule has 1 atom stereocenters.